The second-order valence-electron chi connectivity index (χ2n) is 4.39. The minimum atomic E-state index is -2.98. The molecule has 1 heterocycles. The largest absolute Gasteiger partial charge is 0.319 e. The molecule has 0 aliphatic rings. The molecule has 0 saturated heterocycles. The second kappa shape index (κ2) is 5.59. The Morgan fingerprint density at radius 3 is 2.53 bits per heavy atom. The van der Waals surface area contributed by atoms with E-state index in [1.54, 1.807) is 20.2 Å². The summed E-state index contributed by atoms with van der Waals surface area (Å²) in [4.78, 5) is 0. The van der Waals surface area contributed by atoms with Crippen LogP contribution in [-0.4, -0.2) is 40.7 Å². The van der Waals surface area contributed by atoms with Crippen LogP contribution in [0.1, 0.15) is 32.6 Å². The van der Waals surface area contributed by atoms with Crippen molar-refractivity contribution in [1.29, 1.82) is 0 Å². The van der Waals surface area contributed by atoms with Crippen LogP contribution in [0, 0.1) is 0 Å². The summed E-state index contributed by atoms with van der Waals surface area (Å²) in [5.41, 5.74) is 0. The lowest BCUT2D eigenvalue weighted by molar-refractivity contribution is 0.537. The number of aromatic nitrogens is 3. The molecule has 0 aliphatic heterocycles. The van der Waals surface area contributed by atoms with Gasteiger partial charge in [-0.15, -0.1) is 10.2 Å². The fourth-order valence-electron chi connectivity index (χ4n) is 1.43. The van der Waals surface area contributed by atoms with Crippen LogP contribution < -0.4 is 5.32 Å². The third-order valence-electron chi connectivity index (χ3n) is 2.69. The number of sulfone groups is 1. The smallest absolute Gasteiger partial charge is 0.153 e. The van der Waals surface area contributed by atoms with Crippen molar-refractivity contribution in [2.75, 3.05) is 12.3 Å². The third-order valence-corrected chi connectivity index (χ3v) is 4.90. The molecule has 1 aromatic heterocycles. The van der Waals surface area contributed by atoms with Crippen molar-refractivity contribution in [3.63, 3.8) is 0 Å². The lowest BCUT2D eigenvalue weighted by Gasteiger charge is -2.13. The van der Waals surface area contributed by atoms with Crippen LogP contribution in [-0.2, 0) is 16.9 Å². The number of aryl methyl sites for hydroxylation is 1. The molecule has 0 aliphatic carbocycles. The standard InChI is InChI=1S/C10H20N4O2S/c1-8(2)17(15,16)6-5-11-9(3)10-13-12-7-14(10)4/h7-9,11H,5-6H2,1-4H3. The Morgan fingerprint density at radius 2 is 2.06 bits per heavy atom. The van der Waals surface area contributed by atoms with Gasteiger partial charge in [0, 0.05) is 13.6 Å². The van der Waals surface area contributed by atoms with Gasteiger partial charge >= 0.3 is 0 Å². The van der Waals surface area contributed by atoms with Crippen LogP contribution in [0.3, 0.4) is 0 Å². The van der Waals surface area contributed by atoms with Gasteiger partial charge in [-0.05, 0) is 20.8 Å². The lowest BCUT2D eigenvalue weighted by atomic mass is 10.3. The number of nitrogens with zero attached hydrogens (tertiary/aromatic N) is 3. The Hall–Kier alpha value is -0.950. The summed E-state index contributed by atoms with van der Waals surface area (Å²) in [6.07, 6.45) is 1.62. The molecule has 0 amide bonds. The van der Waals surface area contributed by atoms with E-state index in [9.17, 15) is 8.42 Å². The van der Waals surface area contributed by atoms with Gasteiger partial charge in [0.25, 0.3) is 0 Å². The normalized spacial score (nSPS) is 14.2. The van der Waals surface area contributed by atoms with Crippen LogP contribution >= 0.6 is 0 Å². The molecule has 1 unspecified atom stereocenters. The van der Waals surface area contributed by atoms with Crippen molar-refractivity contribution in [3.05, 3.63) is 12.2 Å². The molecular weight excluding hydrogens is 240 g/mol. The van der Waals surface area contributed by atoms with Gasteiger partial charge in [0.05, 0.1) is 17.0 Å². The summed E-state index contributed by atoms with van der Waals surface area (Å²) in [6.45, 7) is 5.75. The highest BCUT2D eigenvalue weighted by Crippen LogP contribution is 2.07. The van der Waals surface area contributed by atoms with Crippen LogP contribution in [0.4, 0.5) is 0 Å². The quantitative estimate of drug-likeness (QED) is 0.795. The minimum Gasteiger partial charge on any atom is -0.319 e. The highest BCUT2D eigenvalue weighted by molar-refractivity contribution is 7.92. The second-order valence-corrected chi connectivity index (χ2v) is 7.07. The molecule has 0 aromatic carbocycles. The van der Waals surface area contributed by atoms with Gasteiger partial charge in [-0.25, -0.2) is 8.42 Å². The summed E-state index contributed by atoms with van der Waals surface area (Å²) in [6, 6.07) is -0.00939. The maximum Gasteiger partial charge on any atom is 0.153 e. The fraction of sp³-hybridized carbons (Fsp3) is 0.800. The molecule has 0 bridgehead atoms. The summed E-state index contributed by atoms with van der Waals surface area (Å²) in [5.74, 6) is 0.944. The van der Waals surface area contributed by atoms with E-state index in [1.807, 2.05) is 18.5 Å². The number of nitrogens with one attached hydrogen (secondary N) is 1. The zero-order chi connectivity index (χ0) is 13.1. The monoisotopic (exact) mass is 260 g/mol. The molecule has 7 heteroatoms. The van der Waals surface area contributed by atoms with Crippen molar-refractivity contribution in [2.45, 2.75) is 32.1 Å². The van der Waals surface area contributed by atoms with Gasteiger partial charge < -0.3 is 9.88 Å². The molecule has 0 saturated carbocycles. The predicted octanol–water partition coefficient (Wildman–Crippen LogP) is 0.289. The van der Waals surface area contributed by atoms with E-state index < -0.39 is 9.84 Å². The summed E-state index contributed by atoms with van der Waals surface area (Å²) in [5, 5.41) is 10.6. The van der Waals surface area contributed by atoms with Gasteiger partial charge in [-0.2, -0.15) is 0 Å². The highest BCUT2D eigenvalue weighted by Gasteiger charge is 2.17. The van der Waals surface area contributed by atoms with Crippen LogP contribution in [0.2, 0.25) is 0 Å². The van der Waals surface area contributed by atoms with Gasteiger partial charge in [-0.1, -0.05) is 0 Å². The molecule has 1 atom stereocenters. The minimum absolute atomic E-state index is 0.00939. The zero-order valence-electron chi connectivity index (χ0n) is 10.7. The van der Waals surface area contributed by atoms with Crippen LogP contribution in [0.15, 0.2) is 6.33 Å². The van der Waals surface area contributed by atoms with Gasteiger partial charge in [-0.3, -0.25) is 0 Å². The van der Waals surface area contributed by atoms with Crippen molar-refractivity contribution in [2.24, 2.45) is 7.05 Å². The number of hydrogen-bond acceptors (Lipinski definition) is 5. The number of hydrogen-bond donors (Lipinski definition) is 1. The molecule has 1 N–H and O–H groups in total. The van der Waals surface area contributed by atoms with Crippen LogP contribution in [0.5, 0.6) is 0 Å². The van der Waals surface area contributed by atoms with Crippen molar-refractivity contribution in [1.82, 2.24) is 20.1 Å². The van der Waals surface area contributed by atoms with E-state index in [2.05, 4.69) is 15.5 Å². The topological polar surface area (TPSA) is 76.9 Å². The Balaban J connectivity index is 2.45. The van der Waals surface area contributed by atoms with Crippen LogP contribution in [0.25, 0.3) is 0 Å². The summed E-state index contributed by atoms with van der Waals surface area (Å²) < 4.78 is 25.0. The molecule has 0 radical (unpaired) electrons. The Bertz CT molecular complexity index is 453. The third kappa shape index (κ3) is 3.78. The summed E-state index contributed by atoms with van der Waals surface area (Å²) >= 11 is 0. The molecule has 17 heavy (non-hydrogen) atoms. The van der Waals surface area contributed by atoms with Crippen molar-refractivity contribution in [3.8, 4) is 0 Å². The van der Waals surface area contributed by atoms with E-state index >= 15 is 0 Å². The predicted molar refractivity (Wildman–Crippen MR) is 66.3 cm³/mol. The average molecular weight is 260 g/mol. The van der Waals surface area contributed by atoms with E-state index in [4.69, 9.17) is 0 Å². The van der Waals surface area contributed by atoms with E-state index in [0.717, 1.165) is 5.82 Å². The molecular formula is C10H20N4O2S. The molecule has 1 aromatic rings. The van der Waals surface area contributed by atoms with Gasteiger partial charge in [0.2, 0.25) is 0 Å². The van der Waals surface area contributed by atoms with E-state index in [0.29, 0.717) is 6.54 Å². The average Bonchev–Trinajstić information content (AvgIpc) is 2.63. The zero-order valence-corrected chi connectivity index (χ0v) is 11.5. The summed E-state index contributed by atoms with van der Waals surface area (Å²) in [7, 11) is -1.12. The first-order valence-electron chi connectivity index (χ1n) is 5.63. The first-order valence-corrected chi connectivity index (χ1v) is 7.35. The molecule has 0 spiro atoms. The maximum absolute atomic E-state index is 11.6. The van der Waals surface area contributed by atoms with Crippen molar-refractivity contribution >= 4 is 9.84 Å². The van der Waals surface area contributed by atoms with Gasteiger partial charge in [0.1, 0.15) is 12.2 Å². The first kappa shape index (κ1) is 14.1. The van der Waals surface area contributed by atoms with Crippen molar-refractivity contribution < 1.29 is 8.42 Å². The SMILES string of the molecule is CC(NCCS(=O)(=O)C(C)C)c1nncn1C. The molecule has 1 rings (SSSR count). The Morgan fingerprint density at radius 1 is 1.41 bits per heavy atom. The number of rotatable bonds is 6. The fourth-order valence-corrected chi connectivity index (χ4v) is 2.30. The Kier molecular flexibility index (Phi) is 4.64. The Labute approximate surface area is 102 Å². The maximum atomic E-state index is 11.6. The molecule has 6 nitrogen and oxygen atoms in total. The van der Waals surface area contributed by atoms with Gasteiger partial charge in [0.15, 0.2) is 9.84 Å². The molecule has 0 fully saturated rings. The highest BCUT2D eigenvalue weighted by atomic mass is 32.2. The first-order chi connectivity index (χ1) is 7.84. The van der Waals surface area contributed by atoms with E-state index in [1.165, 1.54) is 0 Å². The lowest BCUT2D eigenvalue weighted by Crippen LogP contribution is -2.30. The molecule has 98 valence electrons. The van der Waals surface area contributed by atoms with E-state index in [-0.39, 0.29) is 17.0 Å².